The Balaban J connectivity index is 1.05. The summed E-state index contributed by atoms with van der Waals surface area (Å²) in [4.78, 5) is 0. The van der Waals surface area contributed by atoms with Gasteiger partial charge in [-0.25, -0.2) is 0 Å². The number of unbranched alkanes of at least 4 members (excludes halogenated alkanes) is 5. The van der Waals surface area contributed by atoms with Gasteiger partial charge in [0.15, 0.2) is 11.4 Å². The number of aromatic nitrogens is 2. The first-order chi connectivity index (χ1) is 18.7. The van der Waals surface area contributed by atoms with E-state index in [1.165, 1.54) is 121 Å². The van der Waals surface area contributed by atoms with E-state index in [9.17, 15) is 0 Å². The molecular weight excluding hydrogens is 464 g/mol. The van der Waals surface area contributed by atoms with Gasteiger partial charge in [0.1, 0.15) is 13.1 Å². The van der Waals surface area contributed by atoms with Crippen LogP contribution in [0, 0.1) is 0 Å². The average molecular weight is 509 g/mol. The largest absolute Gasteiger partial charge is 0.398 e. The molecule has 0 saturated carbocycles. The maximum Gasteiger partial charge on any atom is 0.214 e. The van der Waals surface area contributed by atoms with Crippen molar-refractivity contribution in [1.82, 2.24) is 0 Å². The molecule has 2 aromatic heterocycles. The minimum atomic E-state index is 1.03. The molecule has 0 spiro atoms. The Hall–Kier alpha value is -3.14. The van der Waals surface area contributed by atoms with Crippen molar-refractivity contribution < 1.29 is 9.13 Å². The van der Waals surface area contributed by atoms with Gasteiger partial charge >= 0.3 is 0 Å². The molecule has 4 heteroatoms. The zero-order chi connectivity index (χ0) is 25.9. The zero-order valence-corrected chi connectivity index (χ0v) is 23.0. The van der Waals surface area contributed by atoms with Crippen LogP contribution in [0.15, 0.2) is 48.5 Å². The maximum absolute atomic E-state index is 6.63. The van der Waals surface area contributed by atoms with Crippen LogP contribution in [-0.4, -0.2) is 0 Å². The second kappa shape index (κ2) is 11.3. The van der Waals surface area contributed by atoms with Gasteiger partial charge in [0, 0.05) is 48.9 Å². The molecule has 2 aromatic carbocycles. The number of aryl methyl sites for hydroxylation is 2. The number of anilines is 2. The van der Waals surface area contributed by atoms with Crippen LogP contribution < -0.4 is 20.6 Å². The van der Waals surface area contributed by atoms with Crippen molar-refractivity contribution in [3.8, 4) is 0 Å². The highest BCUT2D eigenvalue weighted by Crippen LogP contribution is 2.31. The summed E-state index contributed by atoms with van der Waals surface area (Å²) < 4.78 is 5.21. The fourth-order valence-electron chi connectivity index (χ4n) is 7.20. The van der Waals surface area contributed by atoms with Gasteiger partial charge in [-0.3, -0.25) is 0 Å². The van der Waals surface area contributed by atoms with Crippen LogP contribution >= 0.6 is 0 Å². The highest BCUT2D eigenvalue weighted by Gasteiger charge is 2.27. The lowest BCUT2D eigenvalue weighted by atomic mass is 9.92. The van der Waals surface area contributed by atoms with E-state index in [2.05, 4.69) is 57.7 Å². The summed E-state index contributed by atoms with van der Waals surface area (Å²) >= 11 is 0. The topological polar surface area (TPSA) is 59.8 Å². The minimum Gasteiger partial charge on any atom is -0.398 e. The molecule has 0 radical (unpaired) electrons. The summed E-state index contributed by atoms with van der Waals surface area (Å²) in [5, 5.41) is 2.48. The number of para-hydroxylation sites is 2. The number of benzene rings is 2. The normalized spacial score (nSPS) is 15.1. The van der Waals surface area contributed by atoms with E-state index in [-0.39, 0.29) is 0 Å². The van der Waals surface area contributed by atoms with Crippen LogP contribution in [0.25, 0.3) is 21.8 Å². The van der Waals surface area contributed by atoms with Crippen molar-refractivity contribution in [2.75, 3.05) is 11.5 Å². The molecule has 0 amide bonds. The first kappa shape index (κ1) is 25.2. The lowest BCUT2D eigenvalue weighted by Crippen LogP contribution is -2.42. The number of nitrogens with zero attached hydrogens (tertiary/aromatic N) is 2. The number of hydrogen-bond donors (Lipinski definition) is 2. The van der Waals surface area contributed by atoms with Crippen LogP contribution in [0.5, 0.6) is 0 Å². The summed E-state index contributed by atoms with van der Waals surface area (Å²) in [5.74, 6) is 0. The van der Waals surface area contributed by atoms with E-state index in [4.69, 9.17) is 11.5 Å². The summed E-state index contributed by atoms with van der Waals surface area (Å²) in [6, 6.07) is 17.5. The first-order valence-corrected chi connectivity index (χ1v) is 15.2. The van der Waals surface area contributed by atoms with Gasteiger partial charge in [0.05, 0.1) is 22.1 Å². The second-order valence-electron chi connectivity index (χ2n) is 11.6. The molecule has 4 N–H and O–H groups in total. The molecule has 38 heavy (non-hydrogen) atoms. The molecule has 0 bridgehead atoms. The number of pyridine rings is 2. The van der Waals surface area contributed by atoms with Crippen molar-refractivity contribution in [3.05, 3.63) is 71.0 Å². The third-order valence-electron chi connectivity index (χ3n) is 9.16. The van der Waals surface area contributed by atoms with Gasteiger partial charge in [-0.05, 0) is 63.5 Å². The summed E-state index contributed by atoms with van der Waals surface area (Å²) in [6.45, 7) is 2.23. The molecule has 4 nitrogen and oxygen atoms in total. The van der Waals surface area contributed by atoms with Crippen LogP contribution in [0.3, 0.4) is 0 Å². The predicted octanol–water partition coefficient (Wildman–Crippen LogP) is 6.53. The van der Waals surface area contributed by atoms with E-state index in [1.807, 2.05) is 0 Å². The van der Waals surface area contributed by atoms with Gasteiger partial charge < -0.3 is 11.5 Å². The molecule has 198 valence electrons. The van der Waals surface area contributed by atoms with Crippen molar-refractivity contribution in [3.63, 3.8) is 0 Å². The second-order valence-corrected chi connectivity index (χ2v) is 11.6. The van der Waals surface area contributed by atoms with E-state index in [0.29, 0.717) is 0 Å². The summed E-state index contributed by atoms with van der Waals surface area (Å²) in [6.07, 6.45) is 17.5. The van der Waals surface area contributed by atoms with Gasteiger partial charge in [-0.1, -0.05) is 37.1 Å². The molecule has 4 aromatic rings. The Morgan fingerprint density at radius 1 is 0.500 bits per heavy atom. The van der Waals surface area contributed by atoms with Crippen molar-refractivity contribution in [2.24, 2.45) is 0 Å². The minimum absolute atomic E-state index is 1.03. The molecular formula is C34H44N4+2. The maximum atomic E-state index is 6.63. The standard InChI is InChI=1S/C34H42N4/c35-33-25-15-5-9-19-29(25)37(30-20-10-6-16-26(30)33)23-13-3-1-2-4-14-24-38-31-21-11-7-17-27(31)34(36)28-18-8-12-22-32(28)38/h5,7,9,11,15,17,19,21,35-36H,1-4,6,8,10,12-14,16,18,20,22-24H2/p+2. The van der Waals surface area contributed by atoms with Crippen LogP contribution in [0.4, 0.5) is 11.4 Å². The van der Waals surface area contributed by atoms with Gasteiger partial charge in [-0.15, -0.1) is 0 Å². The lowest BCUT2D eigenvalue weighted by molar-refractivity contribution is -0.680. The molecule has 6 rings (SSSR count). The Morgan fingerprint density at radius 2 is 0.895 bits per heavy atom. The Kier molecular flexibility index (Phi) is 7.49. The summed E-state index contributed by atoms with van der Waals surface area (Å²) in [7, 11) is 0. The number of rotatable bonds is 9. The number of nitrogen functional groups attached to an aromatic ring is 2. The van der Waals surface area contributed by atoms with Gasteiger partial charge in [0.2, 0.25) is 11.0 Å². The Morgan fingerprint density at radius 3 is 1.37 bits per heavy atom. The quantitative estimate of drug-likeness (QED) is 0.199. The highest BCUT2D eigenvalue weighted by atomic mass is 15.0. The Bertz CT molecular complexity index is 1340. The number of fused-ring (bicyclic) bond motifs is 4. The van der Waals surface area contributed by atoms with Crippen LogP contribution in [0.2, 0.25) is 0 Å². The monoisotopic (exact) mass is 508 g/mol. The van der Waals surface area contributed by atoms with Crippen molar-refractivity contribution >= 4 is 33.2 Å². The highest BCUT2D eigenvalue weighted by molar-refractivity contribution is 5.90. The van der Waals surface area contributed by atoms with Crippen molar-refractivity contribution in [1.29, 1.82) is 0 Å². The third-order valence-corrected chi connectivity index (χ3v) is 9.16. The number of nitrogens with two attached hydrogens (primary N) is 2. The molecule has 0 fully saturated rings. The molecule has 2 heterocycles. The Labute approximate surface area is 227 Å². The SMILES string of the molecule is Nc1c2c([n+](CCCCCCCC[n+]3c4c(c(N)c5ccccc53)CCCC4)c3ccccc13)CCCC2. The molecule has 0 unspecified atom stereocenters. The smallest absolute Gasteiger partial charge is 0.214 e. The van der Waals surface area contributed by atoms with E-state index in [0.717, 1.165) is 37.3 Å². The summed E-state index contributed by atoms with van der Waals surface area (Å²) in [5.41, 5.74) is 23.8. The molecule has 0 atom stereocenters. The lowest BCUT2D eigenvalue weighted by Gasteiger charge is -2.19. The van der Waals surface area contributed by atoms with E-state index >= 15 is 0 Å². The van der Waals surface area contributed by atoms with Gasteiger partial charge in [0.25, 0.3) is 0 Å². The predicted molar refractivity (Wildman–Crippen MR) is 158 cm³/mol. The van der Waals surface area contributed by atoms with E-state index < -0.39 is 0 Å². The van der Waals surface area contributed by atoms with E-state index in [1.54, 1.807) is 0 Å². The molecule has 2 aliphatic rings. The fraction of sp³-hybridized carbons (Fsp3) is 0.471. The fourth-order valence-corrected chi connectivity index (χ4v) is 7.20. The first-order valence-electron chi connectivity index (χ1n) is 15.2. The van der Waals surface area contributed by atoms with Gasteiger partial charge in [-0.2, -0.15) is 9.13 Å². The third kappa shape index (κ3) is 4.74. The molecule has 0 saturated heterocycles. The molecule has 2 aliphatic carbocycles. The van der Waals surface area contributed by atoms with Crippen LogP contribution in [-0.2, 0) is 38.8 Å². The number of hydrogen-bond acceptors (Lipinski definition) is 2. The average Bonchev–Trinajstić information content (AvgIpc) is 2.97. The zero-order valence-electron chi connectivity index (χ0n) is 23.0. The van der Waals surface area contributed by atoms with Crippen molar-refractivity contribution in [2.45, 2.75) is 103 Å². The van der Waals surface area contributed by atoms with Crippen LogP contribution in [0.1, 0.15) is 86.7 Å². The molecule has 0 aliphatic heterocycles.